The number of nitrogens with one attached hydrogen (secondary N) is 1. The fraction of sp³-hybridized carbons (Fsp3) is 0.435. The lowest BCUT2D eigenvalue weighted by Crippen LogP contribution is -2.54. The topological polar surface area (TPSA) is 47.6 Å². The third-order valence-corrected chi connectivity index (χ3v) is 6.77. The van der Waals surface area contributed by atoms with Crippen molar-refractivity contribution < 1.29 is 14.3 Å². The lowest BCUT2D eigenvalue weighted by atomic mass is 9.87. The van der Waals surface area contributed by atoms with Crippen LogP contribution in [0.15, 0.2) is 47.4 Å². The second kappa shape index (κ2) is 9.01. The predicted octanol–water partition coefficient (Wildman–Crippen LogP) is 5.01. The highest BCUT2D eigenvalue weighted by Gasteiger charge is 2.41. The van der Waals surface area contributed by atoms with E-state index in [1.165, 1.54) is 0 Å². The predicted molar refractivity (Wildman–Crippen MR) is 115 cm³/mol. The normalized spacial score (nSPS) is 21.5. The van der Waals surface area contributed by atoms with Gasteiger partial charge in [-0.1, -0.05) is 44.2 Å². The first kappa shape index (κ1) is 20.7. The van der Waals surface area contributed by atoms with Gasteiger partial charge in [0.05, 0.1) is 25.8 Å². The maximum atomic E-state index is 13.2. The van der Waals surface area contributed by atoms with Gasteiger partial charge in [0.25, 0.3) is 0 Å². The van der Waals surface area contributed by atoms with Crippen LogP contribution in [0, 0.1) is 0 Å². The van der Waals surface area contributed by atoms with Gasteiger partial charge in [0.1, 0.15) is 0 Å². The zero-order valence-corrected chi connectivity index (χ0v) is 17.9. The number of carbonyl (C=O) groups excluding carboxylic acids is 1. The Kier molecular flexibility index (Phi) is 6.68. The molecule has 4 nitrogen and oxygen atoms in total. The van der Waals surface area contributed by atoms with Crippen molar-refractivity contribution in [3.8, 4) is 11.5 Å². The average molecular weight is 400 g/mol. The molecule has 0 aromatic heterocycles. The van der Waals surface area contributed by atoms with Crippen LogP contribution in [0.3, 0.4) is 0 Å². The number of fused-ring (bicyclic) bond motifs is 1. The van der Waals surface area contributed by atoms with Crippen LogP contribution in [-0.2, 0) is 4.79 Å². The van der Waals surface area contributed by atoms with E-state index >= 15 is 0 Å². The molecule has 3 rings (SSSR count). The summed E-state index contributed by atoms with van der Waals surface area (Å²) in [5, 5.41) is 3.76. The molecule has 0 saturated heterocycles. The van der Waals surface area contributed by atoms with E-state index in [4.69, 9.17) is 9.47 Å². The number of Topliss-reactive ketones (excluding diaryl/α,β-unsaturated/α-hetero) is 1. The molecule has 0 aliphatic carbocycles. The number of hydrogen-bond acceptors (Lipinski definition) is 5. The standard InChI is InChI=1S/C23H29NO3S/c1-5-10-21(25)23(6-2)15-28-20-14-19(27-4)18(26-3)13-17(20)22(24-23)16-11-8-7-9-12-16/h7-9,11-14,22,24H,5-6,10,15H2,1-4H3/t22-,23+/m0/s1. The Morgan fingerprint density at radius 3 is 2.43 bits per heavy atom. The van der Waals surface area contributed by atoms with Crippen molar-refractivity contribution in [2.24, 2.45) is 0 Å². The molecule has 1 heterocycles. The highest BCUT2D eigenvalue weighted by molar-refractivity contribution is 7.99. The first-order chi connectivity index (χ1) is 13.6. The Bertz CT molecular complexity index is 824. The van der Waals surface area contributed by atoms with Crippen molar-refractivity contribution in [3.05, 3.63) is 53.6 Å². The fourth-order valence-electron chi connectivity index (χ4n) is 3.76. The van der Waals surface area contributed by atoms with Crippen molar-refractivity contribution in [3.63, 3.8) is 0 Å². The van der Waals surface area contributed by atoms with E-state index in [2.05, 4.69) is 31.3 Å². The summed E-state index contributed by atoms with van der Waals surface area (Å²) in [6.07, 6.45) is 2.20. The zero-order valence-electron chi connectivity index (χ0n) is 17.1. The van der Waals surface area contributed by atoms with Crippen LogP contribution in [0.1, 0.15) is 50.3 Å². The van der Waals surface area contributed by atoms with Crippen LogP contribution >= 0.6 is 11.8 Å². The van der Waals surface area contributed by atoms with Crippen molar-refractivity contribution in [1.82, 2.24) is 5.32 Å². The van der Waals surface area contributed by atoms with Crippen LogP contribution in [0.5, 0.6) is 11.5 Å². The third-order valence-electron chi connectivity index (χ3n) is 5.47. The van der Waals surface area contributed by atoms with E-state index in [0.717, 1.165) is 28.9 Å². The van der Waals surface area contributed by atoms with E-state index in [-0.39, 0.29) is 11.8 Å². The van der Waals surface area contributed by atoms with Crippen LogP contribution in [0.2, 0.25) is 0 Å². The summed E-state index contributed by atoms with van der Waals surface area (Å²) < 4.78 is 11.1. The molecule has 150 valence electrons. The van der Waals surface area contributed by atoms with E-state index in [0.29, 0.717) is 23.7 Å². The lowest BCUT2D eigenvalue weighted by molar-refractivity contribution is -0.125. The van der Waals surface area contributed by atoms with Crippen LogP contribution < -0.4 is 14.8 Å². The SMILES string of the molecule is CCCC(=O)[C@@]1(CC)CSc2cc(OC)c(OC)cc2[C@H](c2ccccc2)N1. The minimum Gasteiger partial charge on any atom is -0.493 e. The van der Waals surface area contributed by atoms with E-state index in [1.807, 2.05) is 30.3 Å². The molecule has 0 unspecified atom stereocenters. The number of methoxy groups -OCH3 is 2. The molecule has 0 saturated carbocycles. The molecule has 28 heavy (non-hydrogen) atoms. The van der Waals surface area contributed by atoms with Gasteiger partial charge in [0.2, 0.25) is 0 Å². The quantitative estimate of drug-likeness (QED) is 0.709. The number of thioether (sulfide) groups is 1. The highest BCUT2D eigenvalue weighted by Crippen LogP contribution is 2.44. The molecule has 5 heteroatoms. The van der Waals surface area contributed by atoms with Crippen LogP contribution in [0.4, 0.5) is 0 Å². The number of ketones is 1. The molecule has 0 fully saturated rings. The first-order valence-electron chi connectivity index (χ1n) is 9.83. The zero-order chi connectivity index (χ0) is 20.1. The molecule has 1 aliphatic heterocycles. The number of ether oxygens (including phenoxy) is 2. The van der Waals surface area contributed by atoms with Gasteiger partial charge < -0.3 is 9.47 Å². The monoisotopic (exact) mass is 399 g/mol. The average Bonchev–Trinajstić information content (AvgIpc) is 2.91. The summed E-state index contributed by atoms with van der Waals surface area (Å²) in [7, 11) is 3.31. The van der Waals surface area contributed by atoms with Crippen molar-refractivity contribution >= 4 is 17.5 Å². The summed E-state index contributed by atoms with van der Waals surface area (Å²) in [6.45, 7) is 4.16. The molecule has 0 radical (unpaired) electrons. The maximum Gasteiger partial charge on any atom is 0.161 e. The summed E-state index contributed by atoms with van der Waals surface area (Å²) in [5.74, 6) is 2.41. The second-order valence-corrected chi connectivity index (χ2v) is 8.15. The number of hydrogen-bond donors (Lipinski definition) is 1. The summed E-state index contributed by atoms with van der Waals surface area (Å²) in [4.78, 5) is 14.3. The Balaban J connectivity index is 2.15. The van der Waals surface area contributed by atoms with Crippen LogP contribution in [-0.4, -0.2) is 31.3 Å². The molecule has 2 atom stereocenters. The maximum absolute atomic E-state index is 13.2. The largest absolute Gasteiger partial charge is 0.493 e. The van der Waals surface area contributed by atoms with Gasteiger partial charge in [-0.3, -0.25) is 10.1 Å². The minimum absolute atomic E-state index is 0.0910. The highest BCUT2D eigenvalue weighted by atomic mass is 32.2. The number of rotatable bonds is 7. The number of carbonyl (C=O) groups is 1. The van der Waals surface area contributed by atoms with Gasteiger partial charge in [-0.25, -0.2) is 0 Å². The Labute approximate surface area is 172 Å². The molecular weight excluding hydrogens is 370 g/mol. The first-order valence-corrected chi connectivity index (χ1v) is 10.8. The minimum atomic E-state index is -0.555. The van der Waals surface area contributed by atoms with E-state index in [1.54, 1.807) is 26.0 Å². The Hall–Kier alpha value is -1.98. The lowest BCUT2D eigenvalue weighted by Gasteiger charge is -2.34. The molecule has 2 aromatic carbocycles. The molecule has 0 amide bonds. The molecule has 0 spiro atoms. The molecule has 2 aromatic rings. The van der Waals surface area contributed by atoms with E-state index in [9.17, 15) is 4.79 Å². The van der Waals surface area contributed by atoms with Crippen molar-refractivity contribution in [2.45, 2.75) is 49.6 Å². The third kappa shape index (κ3) is 3.91. The second-order valence-electron chi connectivity index (χ2n) is 7.13. The molecule has 0 bridgehead atoms. The van der Waals surface area contributed by atoms with Gasteiger partial charge in [-0.2, -0.15) is 0 Å². The fourth-order valence-corrected chi connectivity index (χ4v) is 5.14. The summed E-state index contributed by atoms with van der Waals surface area (Å²) in [5.41, 5.74) is 1.70. The van der Waals surface area contributed by atoms with Gasteiger partial charge in [0.15, 0.2) is 17.3 Å². The molecular formula is C23H29NO3S. The Morgan fingerprint density at radius 1 is 1.14 bits per heavy atom. The van der Waals surface area contributed by atoms with Gasteiger partial charge in [0, 0.05) is 17.1 Å². The summed E-state index contributed by atoms with van der Waals surface area (Å²) in [6, 6.07) is 14.3. The van der Waals surface area contributed by atoms with Crippen LogP contribution in [0.25, 0.3) is 0 Å². The van der Waals surface area contributed by atoms with Crippen molar-refractivity contribution in [1.29, 1.82) is 0 Å². The van der Waals surface area contributed by atoms with E-state index < -0.39 is 5.54 Å². The summed E-state index contributed by atoms with van der Waals surface area (Å²) >= 11 is 1.72. The smallest absolute Gasteiger partial charge is 0.161 e. The number of benzene rings is 2. The van der Waals surface area contributed by atoms with Gasteiger partial charge in [-0.15, -0.1) is 11.8 Å². The molecule has 1 N–H and O–H groups in total. The molecule has 1 aliphatic rings. The van der Waals surface area contributed by atoms with Crippen molar-refractivity contribution in [2.75, 3.05) is 20.0 Å². The van der Waals surface area contributed by atoms with Gasteiger partial charge >= 0.3 is 0 Å². The van der Waals surface area contributed by atoms with Gasteiger partial charge in [-0.05, 0) is 36.1 Å². The Morgan fingerprint density at radius 2 is 1.82 bits per heavy atom.